The third kappa shape index (κ3) is 3.63. The van der Waals surface area contributed by atoms with E-state index < -0.39 is 0 Å². The molecule has 0 spiro atoms. The van der Waals surface area contributed by atoms with Crippen LogP contribution in [0, 0.1) is 0 Å². The number of rotatable bonds is 4. The highest BCUT2D eigenvalue weighted by Crippen LogP contribution is 2.38. The van der Waals surface area contributed by atoms with Crippen LogP contribution in [0.5, 0.6) is 0 Å². The standard InChI is InChI=1S/C15H16ClN3.ClH/c16-12-3-1-2-10(6-12)8-18-15-5-4-11(9-19-15)13-7-14(13)17;/h1-6,9,13-14H,7-8,17H2,(H,18,19);1H. The topological polar surface area (TPSA) is 50.9 Å². The molecule has 0 bridgehead atoms. The van der Waals surface area contributed by atoms with Crippen LogP contribution < -0.4 is 11.1 Å². The Hall–Kier alpha value is -1.29. The molecular weight excluding hydrogens is 293 g/mol. The van der Waals surface area contributed by atoms with Gasteiger partial charge < -0.3 is 11.1 Å². The van der Waals surface area contributed by atoms with Crippen LogP contribution in [-0.2, 0) is 6.54 Å². The quantitative estimate of drug-likeness (QED) is 0.907. The summed E-state index contributed by atoms with van der Waals surface area (Å²) in [5.41, 5.74) is 8.21. The highest BCUT2D eigenvalue weighted by Gasteiger charge is 2.34. The van der Waals surface area contributed by atoms with Crippen molar-refractivity contribution in [2.24, 2.45) is 5.73 Å². The number of pyridine rings is 1. The Labute approximate surface area is 130 Å². The Morgan fingerprint density at radius 2 is 2.10 bits per heavy atom. The molecule has 1 fully saturated rings. The molecule has 2 atom stereocenters. The van der Waals surface area contributed by atoms with Crippen LogP contribution in [0.3, 0.4) is 0 Å². The zero-order chi connectivity index (χ0) is 13.2. The van der Waals surface area contributed by atoms with Crippen LogP contribution in [0.2, 0.25) is 5.02 Å². The van der Waals surface area contributed by atoms with E-state index in [0.717, 1.165) is 29.4 Å². The van der Waals surface area contributed by atoms with Crippen LogP contribution in [0.15, 0.2) is 42.6 Å². The van der Waals surface area contributed by atoms with Gasteiger partial charge in [-0.1, -0.05) is 29.8 Å². The monoisotopic (exact) mass is 309 g/mol. The summed E-state index contributed by atoms with van der Waals surface area (Å²) >= 11 is 5.95. The van der Waals surface area contributed by atoms with E-state index in [1.54, 1.807) is 0 Å². The number of anilines is 1. The van der Waals surface area contributed by atoms with Crippen molar-refractivity contribution in [1.82, 2.24) is 4.98 Å². The lowest BCUT2D eigenvalue weighted by Crippen LogP contribution is -2.03. The fraction of sp³-hybridized carbons (Fsp3) is 0.267. The largest absolute Gasteiger partial charge is 0.366 e. The molecule has 0 radical (unpaired) electrons. The summed E-state index contributed by atoms with van der Waals surface area (Å²) in [6, 6.07) is 12.2. The number of nitrogens with two attached hydrogens (primary N) is 1. The summed E-state index contributed by atoms with van der Waals surface area (Å²) < 4.78 is 0. The Bertz CT molecular complexity index is 572. The summed E-state index contributed by atoms with van der Waals surface area (Å²) in [5, 5.41) is 4.04. The molecule has 5 heteroatoms. The molecule has 1 aliphatic rings. The molecule has 106 valence electrons. The molecule has 0 aliphatic heterocycles. The van der Waals surface area contributed by atoms with Gasteiger partial charge in [0.2, 0.25) is 0 Å². The summed E-state index contributed by atoms with van der Waals surface area (Å²) in [6.07, 6.45) is 2.99. The van der Waals surface area contributed by atoms with Crippen LogP contribution in [0.1, 0.15) is 23.5 Å². The Morgan fingerprint density at radius 1 is 1.30 bits per heavy atom. The summed E-state index contributed by atoms with van der Waals surface area (Å²) in [6.45, 7) is 0.718. The van der Waals surface area contributed by atoms with E-state index in [1.165, 1.54) is 5.56 Å². The smallest absolute Gasteiger partial charge is 0.126 e. The predicted octanol–water partition coefficient (Wildman–Crippen LogP) is 3.58. The number of nitrogens with zero attached hydrogens (tertiary/aromatic N) is 1. The molecule has 2 aromatic rings. The first-order valence-corrected chi connectivity index (χ1v) is 6.80. The molecular formula is C15H17Cl2N3. The van der Waals surface area contributed by atoms with Crippen molar-refractivity contribution in [2.75, 3.05) is 5.32 Å². The van der Waals surface area contributed by atoms with Crippen LogP contribution >= 0.6 is 24.0 Å². The van der Waals surface area contributed by atoms with Gasteiger partial charge in [-0.25, -0.2) is 4.98 Å². The molecule has 1 aromatic carbocycles. The third-order valence-electron chi connectivity index (χ3n) is 3.42. The Morgan fingerprint density at radius 3 is 2.70 bits per heavy atom. The van der Waals surface area contributed by atoms with Crippen molar-refractivity contribution in [3.05, 3.63) is 58.7 Å². The molecule has 3 nitrogen and oxygen atoms in total. The van der Waals surface area contributed by atoms with E-state index in [4.69, 9.17) is 17.3 Å². The van der Waals surface area contributed by atoms with Crippen molar-refractivity contribution >= 4 is 29.8 Å². The number of hydrogen-bond acceptors (Lipinski definition) is 3. The maximum Gasteiger partial charge on any atom is 0.126 e. The highest BCUT2D eigenvalue weighted by atomic mass is 35.5. The maximum atomic E-state index is 5.95. The second kappa shape index (κ2) is 6.44. The second-order valence-corrected chi connectivity index (χ2v) is 5.40. The fourth-order valence-electron chi connectivity index (χ4n) is 2.17. The normalized spacial score (nSPS) is 20.1. The molecule has 1 saturated carbocycles. The summed E-state index contributed by atoms with van der Waals surface area (Å²) in [4.78, 5) is 4.41. The van der Waals surface area contributed by atoms with Crippen molar-refractivity contribution in [1.29, 1.82) is 0 Å². The summed E-state index contributed by atoms with van der Waals surface area (Å²) in [5.74, 6) is 1.38. The molecule has 1 aliphatic carbocycles. The van der Waals surface area contributed by atoms with Crippen molar-refractivity contribution < 1.29 is 0 Å². The lowest BCUT2D eigenvalue weighted by Gasteiger charge is -2.07. The van der Waals surface area contributed by atoms with Crippen LogP contribution in [-0.4, -0.2) is 11.0 Å². The first-order chi connectivity index (χ1) is 9.22. The lowest BCUT2D eigenvalue weighted by atomic mass is 10.2. The average Bonchev–Trinajstić information content (AvgIpc) is 3.14. The van der Waals surface area contributed by atoms with E-state index in [2.05, 4.69) is 16.4 Å². The molecule has 0 saturated heterocycles. The first-order valence-electron chi connectivity index (χ1n) is 6.42. The minimum atomic E-state index is 0. The van der Waals surface area contributed by atoms with Gasteiger partial charge in [-0.3, -0.25) is 0 Å². The van der Waals surface area contributed by atoms with Crippen LogP contribution in [0.25, 0.3) is 0 Å². The van der Waals surface area contributed by atoms with E-state index in [1.807, 2.05) is 36.5 Å². The molecule has 1 heterocycles. The van der Waals surface area contributed by atoms with Crippen molar-refractivity contribution in [2.45, 2.75) is 24.9 Å². The molecule has 3 N–H and O–H groups in total. The van der Waals surface area contributed by atoms with Gasteiger partial charge in [0.05, 0.1) is 0 Å². The van der Waals surface area contributed by atoms with Gasteiger partial charge in [-0.15, -0.1) is 12.4 Å². The van der Waals surface area contributed by atoms with Gasteiger partial charge >= 0.3 is 0 Å². The molecule has 2 unspecified atom stereocenters. The van der Waals surface area contributed by atoms with Gasteiger partial charge in [-0.05, 0) is 35.7 Å². The molecule has 3 rings (SSSR count). The number of benzene rings is 1. The minimum Gasteiger partial charge on any atom is -0.366 e. The molecule has 20 heavy (non-hydrogen) atoms. The third-order valence-corrected chi connectivity index (χ3v) is 3.65. The minimum absolute atomic E-state index is 0. The highest BCUT2D eigenvalue weighted by molar-refractivity contribution is 6.30. The average molecular weight is 310 g/mol. The Kier molecular flexibility index (Phi) is 4.86. The summed E-state index contributed by atoms with van der Waals surface area (Å²) in [7, 11) is 0. The first kappa shape index (κ1) is 15.1. The van der Waals surface area contributed by atoms with Gasteiger partial charge in [0.1, 0.15) is 5.82 Å². The lowest BCUT2D eigenvalue weighted by molar-refractivity contribution is 0.978. The number of hydrogen-bond donors (Lipinski definition) is 2. The van der Waals surface area contributed by atoms with Crippen LogP contribution in [0.4, 0.5) is 5.82 Å². The SMILES string of the molecule is Cl.NC1CC1c1ccc(NCc2cccc(Cl)c2)nc1. The zero-order valence-electron chi connectivity index (χ0n) is 10.9. The molecule has 1 aromatic heterocycles. The molecule has 0 amide bonds. The second-order valence-electron chi connectivity index (χ2n) is 4.97. The maximum absolute atomic E-state index is 5.95. The van der Waals surface area contributed by atoms with Gasteiger partial charge in [-0.2, -0.15) is 0 Å². The zero-order valence-corrected chi connectivity index (χ0v) is 12.5. The predicted molar refractivity (Wildman–Crippen MR) is 85.6 cm³/mol. The van der Waals surface area contributed by atoms with Gasteiger partial charge in [0, 0.05) is 29.7 Å². The van der Waals surface area contributed by atoms with Gasteiger partial charge in [0.15, 0.2) is 0 Å². The van der Waals surface area contributed by atoms with E-state index in [0.29, 0.717) is 12.0 Å². The van der Waals surface area contributed by atoms with Crippen molar-refractivity contribution in [3.63, 3.8) is 0 Å². The number of aromatic nitrogens is 1. The van der Waals surface area contributed by atoms with E-state index >= 15 is 0 Å². The number of nitrogens with one attached hydrogen (secondary N) is 1. The number of halogens is 2. The van der Waals surface area contributed by atoms with Gasteiger partial charge in [0.25, 0.3) is 0 Å². The Balaban J connectivity index is 0.00000147. The van der Waals surface area contributed by atoms with E-state index in [-0.39, 0.29) is 12.4 Å². The van der Waals surface area contributed by atoms with E-state index in [9.17, 15) is 0 Å². The fourth-order valence-corrected chi connectivity index (χ4v) is 2.38. The van der Waals surface area contributed by atoms with Crippen molar-refractivity contribution in [3.8, 4) is 0 Å².